The molecule has 0 amide bonds. The standard InChI is InChI=1S/C22H16ClN3O5S/c23-16-8-11-20-24-18(12-21(27)26(20)13-16)14-31-22(28)15-6-9-19(10-7-15)32(29,30)25-17-4-2-1-3-5-17/h1-13,25H,14H2. The van der Waals surface area contributed by atoms with Gasteiger partial charge >= 0.3 is 5.97 Å². The van der Waals surface area contributed by atoms with Gasteiger partial charge in [0.25, 0.3) is 15.6 Å². The molecule has 0 fully saturated rings. The number of ether oxygens (including phenoxy) is 1. The number of para-hydroxylation sites is 1. The smallest absolute Gasteiger partial charge is 0.338 e. The van der Waals surface area contributed by atoms with Crippen molar-refractivity contribution in [3.63, 3.8) is 0 Å². The quantitative estimate of drug-likeness (QED) is 0.433. The molecule has 0 unspecified atom stereocenters. The monoisotopic (exact) mass is 469 g/mol. The van der Waals surface area contributed by atoms with Crippen LogP contribution in [0.3, 0.4) is 0 Å². The minimum atomic E-state index is -3.80. The third kappa shape index (κ3) is 4.79. The molecule has 2 aromatic carbocycles. The zero-order chi connectivity index (χ0) is 22.7. The van der Waals surface area contributed by atoms with Crippen LogP contribution in [-0.2, 0) is 21.4 Å². The molecule has 162 valence electrons. The Hall–Kier alpha value is -3.69. The molecule has 2 aromatic heterocycles. The summed E-state index contributed by atoms with van der Waals surface area (Å²) in [4.78, 5) is 28.8. The number of fused-ring (bicyclic) bond motifs is 1. The summed E-state index contributed by atoms with van der Waals surface area (Å²) in [5.74, 6) is -0.678. The number of carbonyl (C=O) groups is 1. The first-order chi connectivity index (χ1) is 15.3. The van der Waals surface area contributed by atoms with Gasteiger partial charge in [-0.1, -0.05) is 29.8 Å². The van der Waals surface area contributed by atoms with Crippen molar-refractivity contribution in [1.82, 2.24) is 9.38 Å². The van der Waals surface area contributed by atoms with E-state index < -0.39 is 16.0 Å². The third-order valence-corrected chi connectivity index (χ3v) is 6.07. The molecule has 2 heterocycles. The van der Waals surface area contributed by atoms with E-state index >= 15 is 0 Å². The van der Waals surface area contributed by atoms with E-state index in [0.717, 1.165) is 0 Å². The second-order valence-corrected chi connectivity index (χ2v) is 8.85. The van der Waals surface area contributed by atoms with E-state index in [1.165, 1.54) is 40.9 Å². The second-order valence-electron chi connectivity index (χ2n) is 6.73. The van der Waals surface area contributed by atoms with Gasteiger partial charge < -0.3 is 4.74 Å². The summed E-state index contributed by atoms with van der Waals surface area (Å²) in [5, 5.41) is 0.394. The average molecular weight is 470 g/mol. The molecule has 4 aromatic rings. The van der Waals surface area contributed by atoms with E-state index in [4.69, 9.17) is 16.3 Å². The van der Waals surface area contributed by atoms with Crippen LogP contribution in [0.25, 0.3) is 5.65 Å². The fraction of sp³-hybridized carbons (Fsp3) is 0.0455. The van der Waals surface area contributed by atoms with Crippen molar-refractivity contribution in [3.8, 4) is 0 Å². The van der Waals surface area contributed by atoms with Gasteiger partial charge in [-0.05, 0) is 48.5 Å². The summed E-state index contributed by atoms with van der Waals surface area (Å²) in [6, 6.07) is 18.2. The Morgan fingerprint density at radius 1 is 1.03 bits per heavy atom. The normalized spacial score (nSPS) is 11.3. The Kier molecular flexibility index (Phi) is 5.93. The molecule has 10 heteroatoms. The largest absolute Gasteiger partial charge is 0.456 e. The number of carbonyl (C=O) groups excluding carboxylic acids is 1. The molecule has 0 atom stereocenters. The Balaban J connectivity index is 1.45. The lowest BCUT2D eigenvalue weighted by atomic mass is 10.2. The first kappa shape index (κ1) is 21.5. The number of esters is 1. The summed E-state index contributed by atoms with van der Waals surface area (Å²) >= 11 is 5.88. The highest BCUT2D eigenvalue weighted by molar-refractivity contribution is 7.92. The molecule has 0 bridgehead atoms. The molecule has 0 aliphatic carbocycles. The third-order valence-electron chi connectivity index (χ3n) is 4.45. The van der Waals surface area contributed by atoms with Crippen LogP contribution in [0, 0.1) is 0 Å². The maximum Gasteiger partial charge on any atom is 0.338 e. The fourth-order valence-corrected chi connectivity index (χ4v) is 4.13. The Labute approximate surface area is 188 Å². The van der Waals surface area contributed by atoms with Gasteiger partial charge in [0, 0.05) is 18.0 Å². The molecule has 4 rings (SSSR count). The summed E-state index contributed by atoms with van der Waals surface area (Å²) in [5.41, 5.74) is 0.874. The van der Waals surface area contributed by atoms with Gasteiger partial charge in [-0.2, -0.15) is 0 Å². The highest BCUT2D eigenvalue weighted by Gasteiger charge is 2.16. The van der Waals surface area contributed by atoms with Crippen LogP contribution in [0.15, 0.2) is 88.7 Å². The summed E-state index contributed by atoms with van der Waals surface area (Å²) in [6.45, 7) is -0.219. The van der Waals surface area contributed by atoms with Gasteiger partial charge in [-0.25, -0.2) is 18.2 Å². The Morgan fingerprint density at radius 2 is 1.75 bits per heavy atom. The zero-order valence-corrected chi connectivity index (χ0v) is 18.0. The van der Waals surface area contributed by atoms with E-state index in [0.29, 0.717) is 16.4 Å². The van der Waals surface area contributed by atoms with Crippen molar-refractivity contribution in [2.75, 3.05) is 4.72 Å². The highest BCUT2D eigenvalue weighted by Crippen LogP contribution is 2.17. The van der Waals surface area contributed by atoms with Crippen molar-refractivity contribution in [2.45, 2.75) is 11.5 Å². The van der Waals surface area contributed by atoms with Gasteiger partial charge in [-0.15, -0.1) is 0 Å². The predicted molar refractivity (Wildman–Crippen MR) is 119 cm³/mol. The van der Waals surface area contributed by atoms with E-state index in [9.17, 15) is 18.0 Å². The lowest BCUT2D eigenvalue weighted by Gasteiger charge is -2.09. The molecule has 8 nitrogen and oxygen atoms in total. The molecule has 0 saturated heterocycles. The first-order valence-corrected chi connectivity index (χ1v) is 11.2. The highest BCUT2D eigenvalue weighted by atomic mass is 35.5. The molecule has 32 heavy (non-hydrogen) atoms. The van der Waals surface area contributed by atoms with Crippen LogP contribution in [0.4, 0.5) is 5.69 Å². The topological polar surface area (TPSA) is 107 Å². The van der Waals surface area contributed by atoms with Crippen molar-refractivity contribution in [3.05, 3.63) is 106 Å². The van der Waals surface area contributed by atoms with Crippen molar-refractivity contribution in [2.24, 2.45) is 0 Å². The van der Waals surface area contributed by atoms with Gasteiger partial charge in [0.2, 0.25) is 0 Å². The van der Waals surface area contributed by atoms with Crippen molar-refractivity contribution < 1.29 is 17.9 Å². The van der Waals surface area contributed by atoms with Gasteiger partial charge in [0.1, 0.15) is 12.3 Å². The number of hydrogen-bond donors (Lipinski definition) is 1. The number of benzene rings is 2. The van der Waals surface area contributed by atoms with Crippen LogP contribution in [-0.4, -0.2) is 23.8 Å². The minimum Gasteiger partial charge on any atom is -0.456 e. The van der Waals surface area contributed by atoms with Crippen LogP contribution in [0.1, 0.15) is 16.1 Å². The molecule has 0 radical (unpaired) electrons. The van der Waals surface area contributed by atoms with Gasteiger partial charge in [-0.3, -0.25) is 13.9 Å². The number of pyridine rings is 1. The first-order valence-electron chi connectivity index (χ1n) is 9.35. The number of aromatic nitrogens is 2. The zero-order valence-electron chi connectivity index (χ0n) is 16.4. The van der Waals surface area contributed by atoms with E-state index in [1.54, 1.807) is 42.5 Å². The van der Waals surface area contributed by atoms with Crippen LogP contribution < -0.4 is 10.3 Å². The molecule has 0 aliphatic heterocycles. The van der Waals surface area contributed by atoms with E-state index in [-0.39, 0.29) is 28.3 Å². The number of nitrogens with zero attached hydrogens (tertiary/aromatic N) is 2. The number of nitrogens with one attached hydrogen (secondary N) is 1. The van der Waals surface area contributed by atoms with Crippen LogP contribution >= 0.6 is 11.6 Å². The van der Waals surface area contributed by atoms with E-state index in [1.807, 2.05) is 0 Å². The summed E-state index contributed by atoms with van der Waals surface area (Å²) in [7, 11) is -3.80. The lowest BCUT2D eigenvalue weighted by molar-refractivity contribution is 0.0467. The van der Waals surface area contributed by atoms with Crippen LogP contribution in [0.2, 0.25) is 5.02 Å². The average Bonchev–Trinajstić information content (AvgIpc) is 2.78. The van der Waals surface area contributed by atoms with Crippen LogP contribution in [0.5, 0.6) is 0 Å². The van der Waals surface area contributed by atoms with Gasteiger partial charge in [0.05, 0.1) is 21.2 Å². The molecule has 0 spiro atoms. The van der Waals surface area contributed by atoms with Crippen molar-refractivity contribution in [1.29, 1.82) is 0 Å². The van der Waals surface area contributed by atoms with E-state index in [2.05, 4.69) is 9.71 Å². The number of rotatable bonds is 6. The summed E-state index contributed by atoms with van der Waals surface area (Å²) in [6.07, 6.45) is 1.45. The SMILES string of the molecule is O=C(OCc1cc(=O)n2cc(Cl)ccc2n1)c1ccc(S(=O)(=O)Nc2ccccc2)cc1. The molecule has 0 aliphatic rings. The number of hydrogen-bond acceptors (Lipinski definition) is 6. The maximum atomic E-state index is 12.5. The fourth-order valence-electron chi connectivity index (χ4n) is 2.91. The molecule has 0 saturated carbocycles. The summed E-state index contributed by atoms with van der Waals surface area (Å²) < 4.78 is 33.9. The van der Waals surface area contributed by atoms with Gasteiger partial charge in [0.15, 0.2) is 0 Å². The van der Waals surface area contributed by atoms with Crippen molar-refractivity contribution >= 4 is 38.9 Å². The number of anilines is 1. The number of sulfonamides is 1. The number of halogens is 1. The second kappa shape index (κ2) is 8.81. The minimum absolute atomic E-state index is 0.000723. The predicted octanol–water partition coefficient (Wildman–Crippen LogP) is 3.51. The lowest BCUT2D eigenvalue weighted by Crippen LogP contribution is -2.16. The maximum absolute atomic E-state index is 12.5. The molecular weight excluding hydrogens is 454 g/mol. The molecule has 1 N–H and O–H groups in total. The molecular formula is C22H16ClN3O5S. The Bertz CT molecular complexity index is 1450. The Morgan fingerprint density at radius 3 is 2.47 bits per heavy atom.